The van der Waals surface area contributed by atoms with Gasteiger partial charge >= 0.3 is 0 Å². The lowest BCUT2D eigenvalue weighted by molar-refractivity contribution is -0.927. The average Bonchev–Trinajstić information content (AvgIpc) is 3.43. The van der Waals surface area contributed by atoms with Gasteiger partial charge in [-0.25, -0.2) is 0 Å². The van der Waals surface area contributed by atoms with Crippen LogP contribution < -0.4 is 0 Å². The van der Waals surface area contributed by atoms with Crippen LogP contribution in [0.5, 0.6) is 0 Å². The van der Waals surface area contributed by atoms with E-state index in [4.69, 9.17) is 4.74 Å². The minimum atomic E-state index is 0.578. The van der Waals surface area contributed by atoms with Gasteiger partial charge in [0.2, 0.25) is 0 Å². The molecule has 0 bridgehead atoms. The molecule has 0 spiro atoms. The first kappa shape index (κ1) is 23.0. The maximum Gasteiger partial charge on any atom is 0.130 e. The molecule has 0 amide bonds. The summed E-state index contributed by atoms with van der Waals surface area (Å²) >= 11 is 0. The molecule has 1 saturated heterocycles. The molecule has 2 nitrogen and oxygen atoms in total. The predicted molar refractivity (Wildman–Crippen MR) is 111 cm³/mol. The minimum Gasteiger partial charge on any atom is -0.367 e. The molecule has 150 valence electrons. The molecule has 1 fully saturated rings. The van der Waals surface area contributed by atoms with Crippen LogP contribution in [0.15, 0.2) is 0 Å². The van der Waals surface area contributed by atoms with Gasteiger partial charge in [-0.3, -0.25) is 0 Å². The summed E-state index contributed by atoms with van der Waals surface area (Å²) in [6.07, 6.45) is 20.5. The number of epoxide rings is 1. The molecule has 0 radical (unpaired) electrons. The first-order valence-corrected chi connectivity index (χ1v) is 11.7. The number of nitrogens with zero attached hydrogens (tertiary/aromatic N) is 1. The van der Waals surface area contributed by atoms with E-state index >= 15 is 0 Å². The molecule has 2 heteroatoms. The molecule has 25 heavy (non-hydrogen) atoms. The zero-order valence-electron chi connectivity index (χ0n) is 17.9. The summed E-state index contributed by atoms with van der Waals surface area (Å²) in [5.74, 6) is 0. The number of rotatable bonds is 19. The SMILES string of the molecule is CCCCCCCCCC[N+](CC)(CCCCCCCC)CC1CO1. The van der Waals surface area contributed by atoms with E-state index in [1.54, 1.807) is 0 Å². The Balaban J connectivity index is 2.19. The van der Waals surface area contributed by atoms with Crippen LogP contribution in [0.4, 0.5) is 0 Å². The second-order valence-electron chi connectivity index (χ2n) is 8.49. The van der Waals surface area contributed by atoms with E-state index in [0.29, 0.717) is 6.10 Å². The second-order valence-corrected chi connectivity index (χ2v) is 8.49. The first-order valence-electron chi connectivity index (χ1n) is 11.7. The van der Waals surface area contributed by atoms with Gasteiger partial charge < -0.3 is 9.22 Å². The van der Waals surface area contributed by atoms with Crippen molar-refractivity contribution < 1.29 is 9.22 Å². The molecule has 2 unspecified atom stereocenters. The van der Waals surface area contributed by atoms with Crippen LogP contribution in [0.25, 0.3) is 0 Å². The molecule has 2 atom stereocenters. The van der Waals surface area contributed by atoms with Gasteiger partial charge in [0.1, 0.15) is 12.6 Å². The Morgan fingerprint density at radius 2 is 1.04 bits per heavy atom. The Kier molecular flexibility index (Phi) is 13.8. The van der Waals surface area contributed by atoms with E-state index in [-0.39, 0.29) is 0 Å². The fraction of sp³-hybridized carbons (Fsp3) is 1.00. The van der Waals surface area contributed by atoms with E-state index in [1.165, 1.54) is 121 Å². The molecule has 0 aromatic carbocycles. The van der Waals surface area contributed by atoms with E-state index in [0.717, 1.165) is 6.61 Å². The third-order valence-electron chi connectivity index (χ3n) is 6.14. The third kappa shape index (κ3) is 12.0. The van der Waals surface area contributed by atoms with Crippen molar-refractivity contribution >= 4 is 0 Å². The van der Waals surface area contributed by atoms with Crippen molar-refractivity contribution in [3.63, 3.8) is 0 Å². The highest BCUT2D eigenvalue weighted by Gasteiger charge is 2.35. The summed E-state index contributed by atoms with van der Waals surface area (Å²) in [6, 6.07) is 0. The Morgan fingerprint density at radius 1 is 0.640 bits per heavy atom. The van der Waals surface area contributed by atoms with Crippen LogP contribution in [0, 0.1) is 0 Å². The van der Waals surface area contributed by atoms with Gasteiger partial charge in [-0.15, -0.1) is 0 Å². The number of ether oxygens (including phenoxy) is 1. The molecule has 1 aliphatic heterocycles. The molecule has 1 rings (SSSR count). The van der Waals surface area contributed by atoms with Gasteiger partial charge in [-0.1, -0.05) is 78.1 Å². The topological polar surface area (TPSA) is 12.5 Å². The lowest BCUT2D eigenvalue weighted by Crippen LogP contribution is -2.51. The summed E-state index contributed by atoms with van der Waals surface area (Å²) in [4.78, 5) is 0. The maximum absolute atomic E-state index is 5.59. The van der Waals surface area contributed by atoms with E-state index < -0.39 is 0 Å². The summed E-state index contributed by atoms with van der Waals surface area (Å²) < 4.78 is 6.92. The second kappa shape index (κ2) is 15.0. The van der Waals surface area contributed by atoms with Gasteiger partial charge in [-0.05, 0) is 32.6 Å². The summed E-state index contributed by atoms with van der Waals surface area (Å²) in [6.45, 7) is 13.4. The number of quaternary nitrogens is 1. The standard InChI is InChI=1S/C23H48NO/c1-4-7-9-11-13-14-16-18-20-24(6-3,21-23-22-25-23)19-17-15-12-10-8-5-2/h23H,4-22H2,1-3H3/q+1. The monoisotopic (exact) mass is 354 g/mol. The van der Waals surface area contributed by atoms with Crippen LogP contribution in [-0.2, 0) is 4.74 Å². The maximum atomic E-state index is 5.59. The Hall–Kier alpha value is -0.0800. The molecule has 0 aromatic heterocycles. The lowest BCUT2D eigenvalue weighted by Gasteiger charge is -2.38. The number of hydrogen-bond donors (Lipinski definition) is 0. The number of likely N-dealkylation sites (N-methyl/N-ethyl adjacent to an activating group) is 1. The zero-order valence-corrected chi connectivity index (χ0v) is 17.9. The smallest absolute Gasteiger partial charge is 0.130 e. The minimum absolute atomic E-state index is 0.578. The lowest BCUT2D eigenvalue weighted by atomic mass is 10.1. The molecule has 1 heterocycles. The average molecular weight is 355 g/mol. The highest BCUT2D eigenvalue weighted by molar-refractivity contribution is 4.69. The summed E-state index contributed by atoms with van der Waals surface area (Å²) in [5.41, 5.74) is 0. The highest BCUT2D eigenvalue weighted by Crippen LogP contribution is 2.21. The van der Waals surface area contributed by atoms with Crippen molar-refractivity contribution in [2.24, 2.45) is 0 Å². The van der Waals surface area contributed by atoms with Crippen molar-refractivity contribution in [1.29, 1.82) is 0 Å². The Labute approximate surface area is 159 Å². The van der Waals surface area contributed by atoms with Gasteiger partial charge in [0.15, 0.2) is 0 Å². The van der Waals surface area contributed by atoms with Crippen LogP contribution in [0.3, 0.4) is 0 Å². The Bertz CT molecular complexity index is 290. The quantitative estimate of drug-likeness (QED) is 0.142. The highest BCUT2D eigenvalue weighted by atomic mass is 16.6. The number of hydrogen-bond acceptors (Lipinski definition) is 1. The third-order valence-corrected chi connectivity index (χ3v) is 6.14. The fourth-order valence-corrected chi connectivity index (χ4v) is 4.15. The normalized spacial score (nSPS) is 19.1. The van der Waals surface area contributed by atoms with Gasteiger partial charge in [0.05, 0.1) is 26.2 Å². The molecule has 0 N–H and O–H groups in total. The molecular formula is C23H48NO+. The van der Waals surface area contributed by atoms with E-state index in [2.05, 4.69) is 20.8 Å². The van der Waals surface area contributed by atoms with Crippen molar-refractivity contribution in [3.05, 3.63) is 0 Å². The van der Waals surface area contributed by atoms with E-state index in [9.17, 15) is 0 Å². The molecule has 1 aliphatic rings. The van der Waals surface area contributed by atoms with Gasteiger partial charge in [0.25, 0.3) is 0 Å². The van der Waals surface area contributed by atoms with Crippen molar-refractivity contribution in [2.45, 2.75) is 117 Å². The number of unbranched alkanes of at least 4 members (excludes halogenated alkanes) is 12. The first-order chi connectivity index (χ1) is 12.3. The van der Waals surface area contributed by atoms with E-state index in [1.807, 2.05) is 0 Å². The van der Waals surface area contributed by atoms with Gasteiger partial charge in [-0.2, -0.15) is 0 Å². The van der Waals surface area contributed by atoms with Crippen LogP contribution in [0.1, 0.15) is 111 Å². The summed E-state index contributed by atoms with van der Waals surface area (Å²) in [5, 5.41) is 0. The largest absolute Gasteiger partial charge is 0.367 e. The van der Waals surface area contributed by atoms with Crippen molar-refractivity contribution in [2.75, 3.05) is 32.8 Å². The van der Waals surface area contributed by atoms with Crippen LogP contribution >= 0.6 is 0 Å². The zero-order chi connectivity index (χ0) is 18.2. The molecular weight excluding hydrogens is 306 g/mol. The van der Waals surface area contributed by atoms with Crippen LogP contribution in [0.2, 0.25) is 0 Å². The van der Waals surface area contributed by atoms with Crippen molar-refractivity contribution in [1.82, 2.24) is 0 Å². The molecule has 0 aromatic rings. The Morgan fingerprint density at radius 3 is 1.40 bits per heavy atom. The summed E-state index contributed by atoms with van der Waals surface area (Å²) in [7, 11) is 0. The fourth-order valence-electron chi connectivity index (χ4n) is 4.15. The van der Waals surface area contributed by atoms with Gasteiger partial charge in [0, 0.05) is 0 Å². The van der Waals surface area contributed by atoms with Crippen LogP contribution in [-0.4, -0.2) is 43.4 Å². The predicted octanol–water partition coefficient (Wildman–Crippen LogP) is 6.72. The molecule has 0 saturated carbocycles. The molecule has 0 aliphatic carbocycles. The van der Waals surface area contributed by atoms with Crippen molar-refractivity contribution in [3.8, 4) is 0 Å².